The lowest BCUT2D eigenvalue weighted by atomic mass is 9.62. The number of nitrogens with one attached hydrogen (secondary N) is 1. The molecule has 3 aliphatic heterocycles. The number of benzene rings is 3. The molecule has 0 bridgehead atoms. The fraction of sp³-hybridized carbons (Fsp3) is 0.152. The Morgan fingerprint density at radius 1 is 0.875 bits per heavy atom. The number of carbonyl (C=O) groups is 3. The number of Topliss-reactive ketones (excluding diaryl/α,β-unsaturated/α-hetero) is 2. The van der Waals surface area contributed by atoms with Gasteiger partial charge in [0.1, 0.15) is 17.2 Å². The van der Waals surface area contributed by atoms with E-state index in [0.29, 0.717) is 22.6 Å². The van der Waals surface area contributed by atoms with E-state index >= 15 is 0 Å². The number of pyridine rings is 1. The molecular formula is C33H25N3O4. The Morgan fingerprint density at radius 2 is 1.57 bits per heavy atom. The highest BCUT2D eigenvalue weighted by molar-refractivity contribution is 6.16. The summed E-state index contributed by atoms with van der Waals surface area (Å²) in [6.07, 6.45) is 6.93. The van der Waals surface area contributed by atoms with Gasteiger partial charge in [0.2, 0.25) is 5.91 Å². The van der Waals surface area contributed by atoms with Crippen molar-refractivity contribution in [2.45, 2.75) is 17.5 Å². The normalized spacial score (nSPS) is 23.8. The summed E-state index contributed by atoms with van der Waals surface area (Å²) in [6.45, 7) is 0. The van der Waals surface area contributed by atoms with Crippen molar-refractivity contribution in [2.24, 2.45) is 5.92 Å². The number of carbonyl (C=O) groups excluding carboxylic acids is 3. The van der Waals surface area contributed by atoms with Crippen LogP contribution in [0.1, 0.15) is 43.4 Å². The Labute approximate surface area is 231 Å². The van der Waals surface area contributed by atoms with Gasteiger partial charge in [0, 0.05) is 35.4 Å². The van der Waals surface area contributed by atoms with Gasteiger partial charge < -0.3 is 15.0 Å². The van der Waals surface area contributed by atoms with Crippen LogP contribution in [0.4, 0.5) is 5.69 Å². The lowest BCUT2D eigenvalue weighted by Gasteiger charge is -2.38. The van der Waals surface area contributed by atoms with Crippen molar-refractivity contribution in [1.82, 2.24) is 9.88 Å². The molecule has 7 heteroatoms. The second-order valence-electron chi connectivity index (χ2n) is 10.3. The third-order valence-corrected chi connectivity index (χ3v) is 8.46. The summed E-state index contributed by atoms with van der Waals surface area (Å²) >= 11 is 0. The molecule has 1 amide bonds. The minimum Gasteiger partial charge on any atom is -0.497 e. The molecule has 7 nitrogen and oxygen atoms in total. The van der Waals surface area contributed by atoms with E-state index in [2.05, 4.69) is 10.3 Å². The molecule has 1 N–H and O–H groups in total. The number of ketones is 2. The molecule has 0 aliphatic carbocycles. The number of aromatic nitrogens is 1. The van der Waals surface area contributed by atoms with E-state index < -0.39 is 23.4 Å². The Kier molecular flexibility index (Phi) is 5.42. The fourth-order valence-electron chi connectivity index (χ4n) is 6.79. The number of anilines is 1. The molecule has 7 rings (SSSR count). The van der Waals surface area contributed by atoms with Gasteiger partial charge in [-0.3, -0.25) is 19.4 Å². The van der Waals surface area contributed by atoms with Crippen LogP contribution < -0.4 is 10.1 Å². The summed E-state index contributed by atoms with van der Waals surface area (Å²) in [6, 6.07) is 24.0. The number of ether oxygens (including phenoxy) is 1. The summed E-state index contributed by atoms with van der Waals surface area (Å²) in [5, 5.41) is 3.06. The topological polar surface area (TPSA) is 88.6 Å². The van der Waals surface area contributed by atoms with E-state index in [-0.39, 0.29) is 17.5 Å². The first-order valence-electron chi connectivity index (χ1n) is 13.1. The van der Waals surface area contributed by atoms with Crippen LogP contribution in [0.3, 0.4) is 0 Å². The lowest BCUT2D eigenvalue weighted by Crippen LogP contribution is -2.49. The molecule has 1 fully saturated rings. The van der Waals surface area contributed by atoms with E-state index in [1.54, 1.807) is 55.9 Å². The van der Waals surface area contributed by atoms with Crippen LogP contribution in [-0.4, -0.2) is 40.5 Å². The third-order valence-electron chi connectivity index (χ3n) is 8.46. The van der Waals surface area contributed by atoms with Gasteiger partial charge in [0.15, 0.2) is 11.6 Å². The van der Waals surface area contributed by atoms with Crippen molar-refractivity contribution >= 4 is 29.2 Å². The average molecular weight is 528 g/mol. The highest BCUT2D eigenvalue weighted by atomic mass is 16.5. The largest absolute Gasteiger partial charge is 0.497 e. The standard InChI is InChI=1S/C33H25N3O4/c1-40-23-12-10-21(11-13-23)30(38)28-27(29(37)22-14-17-34-18-15-22)33(25-8-4-5-9-26(25)35-32(33)39)31-24-7-3-2-6-20(24)16-19-36(28)31/h2-19,27-28,31H,1H3,(H,35,39). The van der Waals surface area contributed by atoms with Crippen LogP contribution in [0.15, 0.2) is 104 Å². The van der Waals surface area contributed by atoms with Gasteiger partial charge in [-0.15, -0.1) is 0 Å². The maximum absolute atomic E-state index is 14.6. The number of hydrogen-bond donors (Lipinski definition) is 1. The van der Waals surface area contributed by atoms with Gasteiger partial charge in [-0.25, -0.2) is 0 Å². The third kappa shape index (κ3) is 3.24. The molecule has 3 aromatic carbocycles. The van der Waals surface area contributed by atoms with E-state index in [1.165, 1.54) is 0 Å². The zero-order valence-corrected chi connectivity index (χ0v) is 21.7. The Balaban J connectivity index is 1.52. The van der Waals surface area contributed by atoms with Crippen LogP contribution in [0.25, 0.3) is 6.08 Å². The first-order valence-corrected chi connectivity index (χ1v) is 13.1. The molecule has 40 heavy (non-hydrogen) atoms. The number of fused-ring (bicyclic) bond motifs is 6. The number of methoxy groups -OCH3 is 1. The van der Waals surface area contributed by atoms with Gasteiger partial charge in [-0.2, -0.15) is 0 Å². The predicted molar refractivity (Wildman–Crippen MR) is 150 cm³/mol. The van der Waals surface area contributed by atoms with E-state index in [0.717, 1.165) is 16.7 Å². The SMILES string of the molecule is COc1ccc(C(=O)C2C(C(=O)c3ccncc3)C3(C(=O)Nc4ccccc43)C3c4ccccc4C=CN23)cc1. The molecule has 4 heterocycles. The number of rotatable bonds is 5. The molecule has 4 unspecified atom stereocenters. The van der Waals surface area contributed by atoms with E-state index in [9.17, 15) is 14.4 Å². The Hall–Kier alpha value is -5.04. The van der Waals surface area contributed by atoms with Gasteiger partial charge >= 0.3 is 0 Å². The summed E-state index contributed by atoms with van der Waals surface area (Å²) in [7, 11) is 1.57. The van der Waals surface area contributed by atoms with Crippen molar-refractivity contribution in [2.75, 3.05) is 12.4 Å². The van der Waals surface area contributed by atoms with Crippen LogP contribution in [-0.2, 0) is 10.2 Å². The molecule has 4 atom stereocenters. The van der Waals surface area contributed by atoms with Crippen molar-refractivity contribution in [3.63, 3.8) is 0 Å². The van der Waals surface area contributed by atoms with Crippen molar-refractivity contribution < 1.29 is 19.1 Å². The average Bonchev–Trinajstić information content (AvgIpc) is 3.49. The fourth-order valence-corrected chi connectivity index (χ4v) is 6.79. The van der Waals surface area contributed by atoms with Crippen LogP contribution in [0.2, 0.25) is 0 Å². The lowest BCUT2D eigenvalue weighted by molar-refractivity contribution is -0.122. The molecular weight excluding hydrogens is 502 g/mol. The second kappa shape index (κ2) is 9.02. The number of amides is 1. The molecule has 0 saturated carbocycles. The van der Waals surface area contributed by atoms with Crippen LogP contribution >= 0.6 is 0 Å². The molecule has 3 aliphatic rings. The Morgan fingerprint density at radius 3 is 2.35 bits per heavy atom. The highest BCUT2D eigenvalue weighted by Crippen LogP contribution is 2.62. The number of nitrogens with zero attached hydrogens (tertiary/aromatic N) is 2. The molecule has 4 aromatic rings. The highest BCUT2D eigenvalue weighted by Gasteiger charge is 2.70. The van der Waals surface area contributed by atoms with Gasteiger partial charge in [-0.1, -0.05) is 42.5 Å². The van der Waals surface area contributed by atoms with Crippen molar-refractivity contribution in [3.05, 3.63) is 131 Å². The number of hydrogen-bond acceptors (Lipinski definition) is 6. The first-order chi connectivity index (χ1) is 19.6. The van der Waals surface area contributed by atoms with Crippen molar-refractivity contribution in [3.8, 4) is 5.75 Å². The second-order valence-corrected chi connectivity index (χ2v) is 10.3. The van der Waals surface area contributed by atoms with Crippen LogP contribution in [0, 0.1) is 5.92 Å². The van der Waals surface area contributed by atoms with E-state index in [1.807, 2.05) is 65.7 Å². The summed E-state index contributed by atoms with van der Waals surface area (Å²) < 4.78 is 5.30. The van der Waals surface area contributed by atoms with Gasteiger partial charge in [0.05, 0.1) is 19.1 Å². The minimum absolute atomic E-state index is 0.238. The monoisotopic (exact) mass is 527 g/mol. The molecule has 1 spiro atoms. The molecule has 1 saturated heterocycles. The number of para-hydroxylation sites is 1. The zero-order chi connectivity index (χ0) is 27.4. The van der Waals surface area contributed by atoms with E-state index in [4.69, 9.17) is 4.74 Å². The summed E-state index contributed by atoms with van der Waals surface area (Å²) in [4.78, 5) is 49.6. The summed E-state index contributed by atoms with van der Waals surface area (Å²) in [5.41, 5.74) is 2.71. The summed E-state index contributed by atoms with van der Waals surface area (Å²) in [5.74, 6) is -1.20. The first kappa shape index (κ1) is 24.0. The maximum atomic E-state index is 14.6. The molecule has 0 radical (unpaired) electrons. The van der Waals surface area contributed by atoms with Gasteiger partial charge in [-0.05, 0) is 65.2 Å². The molecule has 196 valence electrons. The maximum Gasteiger partial charge on any atom is 0.238 e. The molecule has 1 aromatic heterocycles. The predicted octanol–water partition coefficient (Wildman–Crippen LogP) is 5.07. The van der Waals surface area contributed by atoms with Gasteiger partial charge in [0.25, 0.3) is 0 Å². The zero-order valence-electron chi connectivity index (χ0n) is 21.7. The minimum atomic E-state index is -1.36. The Bertz CT molecular complexity index is 1700. The smallest absolute Gasteiger partial charge is 0.238 e. The van der Waals surface area contributed by atoms with Crippen molar-refractivity contribution in [1.29, 1.82) is 0 Å². The quantitative estimate of drug-likeness (QED) is 0.365. The van der Waals surface area contributed by atoms with Crippen LogP contribution in [0.5, 0.6) is 5.75 Å².